The van der Waals surface area contributed by atoms with E-state index in [1.165, 1.54) is 5.56 Å². The molecule has 0 aliphatic heterocycles. The van der Waals surface area contributed by atoms with Gasteiger partial charge in [0.15, 0.2) is 0 Å². The largest absolute Gasteiger partial charge is 0.380 e. The van der Waals surface area contributed by atoms with E-state index in [0.717, 1.165) is 26.2 Å². The van der Waals surface area contributed by atoms with E-state index >= 15 is 0 Å². The molecule has 2 heteroatoms. The molecular weight excluding hydrogens is 162 g/mol. The first-order chi connectivity index (χ1) is 6.43. The summed E-state index contributed by atoms with van der Waals surface area (Å²) >= 11 is 0. The number of hydrogen-bond acceptors (Lipinski definition) is 2. The van der Waals surface area contributed by atoms with Gasteiger partial charge in [0.2, 0.25) is 0 Å². The van der Waals surface area contributed by atoms with E-state index in [-0.39, 0.29) is 0 Å². The minimum atomic E-state index is 0.795. The van der Waals surface area contributed by atoms with Gasteiger partial charge in [-0.1, -0.05) is 30.3 Å². The van der Waals surface area contributed by atoms with E-state index in [9.17, 15) is 0 Å². The monoisotopic (exact) mass is 179 g/mol. The van der Waals surface area contributed by atoms with Gasteiger partial charge < -0.3 is 10.1 Å². The molecule has 0 spiro atoms. The SMILES string of the molecule is CNCCOCCc1ccccc1. The zero-order valence-electron chi connectivity index (χ0n) is 8.12. The molecule has 0 aliphatic carbocycles. The minimum Gasteiger partial charge on any atom is -0.380 e. The quantitative estimate of drug-likeness (QED) is 0.668. The maximum atomic E-state index is 5.42. The van der Waals surface area contributed by atoms with E-state index in [1.54, 1.807) is 0 Å². The summed E-state index contributed by atoms with van der Waals surface area (Å²) in [5.41, 5.74) is 1.34. The lowest BCUT2D eigenvalue weighted by atomic mass is 10.2. The van der Waals surface area contributed by atoms with Gasteiger partial charge in [0.05, 0.1) is 13.2 Å². The summed E-state index contributed by atoms with van der Waals surface area (Å²) in [5, 5.41) is 3.04. The Morgan fingerprint density at radius 3 is 2.62 bits per heavy atom. The number of benzene rings is 1. The average Bonchev–Trinajstić information content (AvgIpc) is 2.19. The number of nitrogens with one attached hydrogen (secondary N) is 1. The van der Waals surface area contributed by atoms with Crippen LogP contribution in [0.4, 0.5) is 0 Å². The van der Waals surface area contributed by atoms with Crippen LogP contribution in [0.2, 0.25) is 0 Å². The lowest BCUT2D eigenvalue weighted by molar-refractivity contribution is 0.140. The Kier molecular flexibility index (Phi) is 5.22. The molecule has 0 radical (unpaired) electrons. The highest BCUT2D eigenvalue weighted by Gasteiger charge is 1.90. The van der Waals surface area contributed by atoms with Gasteiger partial charge in [0.25, 0.3) is 0 Å². The predicted octanol–water partition coefficient (Wildman–Crippen LogP) is 1.47. The summed E-state index contributed by atoms with van der Waals surface area (Å²) in [5.74, 6) is 0. The van der Waals surface area contributed by atoms with Crippen molar-refractivity contribution in [2.24, 2.45) is 0 Å². The second kappa shape index (κ2) is 6.63. The van der Waals surface area contributed by atoms with Crippen molar-refractivity contribution in [1.82, 2.24) is 5.32 Å². The fourth-order valence-electron chi connectivity index (χ4n) is 1.11. The third-order valence-corrected chi connectivity index (χ3v) is 1.87. The molecule has 2 nitrogen and oxygen atoms in total. The zero-order valence-corrected chi connectivity index (χ0v) is 8.12. The molecule has 0 bridgehead atoms. The Bertz CT molecular complexity index is 211. The van der Waals surface area contributed by atoms with Crippen LogP contribution in [0, 0.1) is 0 Å². The van der Waals surface area contributed by atoms with Gasteiger partial charge in [-0.05, 0) is 19.0 Å². The standard InChI is InChI=1S/C11H17NO/c1-12-8-10-13-9-7-11-5-3-2-4-6-11/h2-6,12H,7-10H2,1H3. The number of likely N-dealkylation sites (N-methyl/N-ethyl adjacent to an activating group) is 1. The normalized spacial score (nSPS) is 10.2. The third-order valence-electron chi connectivity index (χ3n) is 1.87. The lowest BCUT2D eigenvalue weighted by Gasteiger charge is -2.03. The Balaban J connectivity index is 2.07. The second-order valence-corrected chi connectivity index (χ2v) is 2.95. The molecular formula is C11H17NO. The highest BCUT2D eigenvalue weighted by Crippen LogP contribution is 1.98. The van der Waals surface area contributed by atoms with Crippen molar-refractivity contribution >= 4 is 0 Å². The molecule has 72 valence electrons. The van der Waals surface area contributed by atoms with Gasteiger partial charge in [0.1, 0.15) is 0 Å². The summed E-state index contributed by atoms with van der Waals surface area (Å²) in [6, 6.07) is 10.4. The molecule has 0 saturated carbocycles. The van der Waals surface area contributed by atoms with Gasteiger partial charge in [-0.2, -0.15) is 0 Å². The maximum Gasteiger partial charge on any atom is 0.0590 e. The number of ether oxygens (including phenoxy) is 1. The van der Waals surface area contributed by atoms with Crippen molar-refractivity contribution in [3.8, 4) is 0 Å². The molecule has 0 heterocycles. The van der Waals surface area contributed by atoms with Crippen LogP contribution in [0.15, 0.2) is 30.3 Å². The summed E-state index contributed by atoms with van der Waals surface area (Å²) in [6.45, 7) is 2.53. The van der Waals surface area contributed by atoms with Gasteiger partial charge in [-0.3, -0.25) is 0 Å². The van der Waals surface area contributed by atoms with Gasteiger partial charge in [-0.15, -0.1) is 0 Å². The topological polar surface area (TPSA) is 21.3 Å². The first-order valence-electron chi connectivity index (χ1n) is 4.70. The van der Waals surface area contributed by atoms with Gasteiger partial charge in [-0.25, -0.2) is 0 Å². The molecule has 0 unspecified atom stereocenters. The molecule has 0 aromatic heterocycles. The summed E-state index contributed by atoms with van der Waals surface area (Å²) in [4.78, 5) is 0. The van der Waals surface area contributed by atoms with E-state index < -0.39 is 0 Å². The highest BCUT2D eigenvalue weighted by molar-refractivity contribution is 5.14. The molecule has 13 heavy (non-hydrogen) atoms. The van der Waals surface area contributed by atoms with Crippen LogP contribution in [0.25, 0.3) is 0 Å². The van der Waals surface area contributed by atoms with Crippen molar-refractivity contribution in [3.63, 3.8) is 0 Å². The maximum absolute atomic E-state index is 5.42. The smallest absolute Gasteiger partial charge is 0.0590 e. The van der Waals surface area contributed by atoms with Crippen molar-refractivity contribution < 1.29 is 4.74 Å². The summed E-state index contributed by atoms with van der Waals surface area (Å²) in [7, 11) is 1.93. The predicted molar refractivity (Wildman–Crippen MR) is 54.9 cm³/mol. The first kappa shape index (κ1) is 10.2. The van der Waals surface area contributed by atoms with E-state index in [4.69, 9.17) is 4.74 Å². The van der Waals surface area contributed by atoms with Crippen LogP contribution in [0.5, 0.6) is 0 Å². The molecule has 1 aromatic rings. The third kappa shape index (κ3) is 4.65. The van der Waals surface area contributed by atoms with Crippen LogP contribution in [0.3, 0.4) is 0 Å². The molecule has 0 atom stereocenters. The Morgan fingerprint density at radius 2 is 1.92 bits per heavy atom. The van der Waals surface area contributed by atoms with Crippen molar-refractivity contribution in [2.45, 2.75) is 6.42 Å². The van der Waals surface area contributed by atoms with Crippen LogP contribution >= 0.6 is 0 Å². The van der Waals surface area contributed by atoms with Crippen LogP contribution in [0.1, 0.15) is 5.56 Å². The van der Waals surface area contributed by atoms with E-state index in [2.05, 4.69) is 29.6 Å². The van der Waals surface area contributed by atoms with Crippen LogP contribution in [-0.4, -0.2) is 26.8 Å². The Labute approximate surface area is 79.9 Å². The van der Waals surface area contributed by atoms with E-state index in [1.807, 2.05) is 13.1 Å². The van der Waals surface area contributed by atoms with Crippen LogP contribution < -0.4 is 5.32 Å². The molecule has 1 aromatic carbocycles. The molecule has 1 N–H and O–H groups in total. The Hall–Kier alpha value is -0.860. The highest BCUT2D eigenvalue weighted by atomic mass is 16.5. The zero-order chi connectivity index (χ0) is 9.36. The Morgan fingerprint density at radius 1 is 1.15 bits per heavy atom. The molecule has 0 fully saturated rings. The lowest BCUT2D eigenvalue weighted by Crippen LogP contribution is -2.15. The fraction of sp³-hybridized carbons (Fsp3) is 0.455. The second-order valence-electron chi connectivity index (χ2n) is 2.95. The number of hydrogen-bond donors (Lipinski definition) is 1. The molecule has 0 amide bonds. The summed E-state index contributed by atoms with van der Waals surface area (Å²) < 4.78 is 5.42. The first-order valence-corrected chi connectivity index (χ1v) is 4.70. The summed E-state index contributed by atoms with van der Waals surface area (Å²) in [6.07, 6.45) is 1.00. The average molecular weight is 179 g/mol. The fourth-order valence-corrected chi connectivity index (χ4v) is 1.11. The van der Waals surface area contributed by atoms with E-state index in [0.29, 0.717) is 0 Å². The molecule has 0 aliphatic rings. The number of rotatable bonds is 6. The molecule has 0 saturated heterocycles. The minimum absolute atomic E-state index is 0.795. The van der Waals surface area contributed by atoms with Crippen molar-refractivity contribution in [1.29, 1.82) is 0 Å². The van der Waals surface area contributed by atoms with Crippen LogP contribution in [-0.2, 0) is 11.2 Å². The van der Waals surface area contributed by atoms with Crippen molar-refractivity contribution in [3.05, 3.63) is 35.9 Å². The van der Waals surface area contributed by atoms with Gasteiger partial charge >= 0.3 is 0 Å². The van der Waals surface area contributed by atoms with Gasteiger partial charge in [0, 0.05) is 6.54 Å². The van der Waals surface area contributed by atoms with Crippen molar-refractivity contribution in [2.75, 3.05) is 26.8 Å². The molecule has 1 rings (SSSR count).